The molecule has 0 fully saturated rings. The average Bonchev–Trinajstić information content (AvgIpc) is 2.01. The molecule has 0 rings (SSSR count). The maximum absolute atomic E-state index is 12.3. The third kappa shape index (κ3) is 4.90. The van der Waals surface area contributed by atoms with Crippen LogP contribution in [0.25, 0.3) is 0 Å². The van der Waals surface area contributed by atoms with Crippen LogP contribution in [0.1, 0.15) is 6.42 Å². The molecule has 0 N–H and O–H groups in total. The van der Waals surface area contributed by atoms with E-state index in [-0.39, 0.29) is 0 Å². The molecule has 1 atom stereocenters. The summed E-state index contributed by atoms with van der Waals surface area (Å²) in [5.74, 6) is -4.85. The van der Waals surface area contributed by atoms with Crippen LogP contribution in [0.5, 0.6) is 0 Å². The van der Waals surface area contributed by atoms with Gasteiger partial charge in [0.2, 0.25) is 0 Å². The van der Waals surface area contributed by atoms with Crippen LogP contribution in [-0.4, -0.2) is 32.5 Å². The highest BCUT2D eigenvalue weighted by molar-refractivity contribution is 7.52. The molecule has 15 heavy (non-hydrogen) atoms. The number of halogens is 5. The molecule has 0 aromatic carbocycles. The lowest BCUT2D eigenvalue weighted by Crippen LogP contribution is -2.37. The maximum Gasteiger partial charge on any atom is 0.453 e. The molecule has 0 aliphatic rings. The van der Waals surface area contributed by atoms with Crippen LogP contribution in [-0.2, 0) is 13.6 Å². The minimum atomic E-state index is -5.62. The monoisotopic (exact) mass is 256 g/mol. The first kappa shape index (κ1) is 14.8. The SMILES string of the molecule is COP(C)(=O)OCCC(F)(F)C(F)(F)F. The van der Waals surface area contributed by atoms with Gasteiger partial charge >= 0.3 is 19.7 Å². The largest absolute Gasteiger partial charge is 0.453 e. The zero-order valence-corrected chi connectivity index (χ0v) is 8.87. The summed E-state index contributed by atoms with van der Waals surface area (Å²) < 4.78 is 78.9. The van der Waals surface area contributed by atoms with E-state index in [0.29, 0.717) is 0 Å². The van der Waals surface area contributed by atoms with Gasteiger partial charge in [0.05, 0.1) is 6.61 Å². The Morgan fingerprint density at radius 2 is 1.67 bits per heavy atom. The highest BCUT2D eigenvalue weighted by Crippen LogP contribution is 2.44. The van der Waals surface area contributed by atoms with Crippen molar-refractivity contribution in [2.24, 2.45) is 0 Å². The molecule has 0 radical (unpaired) electrons. The van der Waals surface area contributed by atoms with E-state index in [1.807, 2.05) is 0 Å². The molecule has 0 bridgehead atoms. The number of hydrogen-bond donors (Lipinski definition) is 0. The van der Waals surface area contributed by atoms with Crippen molar-refractivity contribution in [3.63, 3.8) is 0 Å². The highest BCUT2D eigenvalue weighted by Gasteiger charge is 2.56. The quantitative estimate of drug-likeness (QED) is 0.560. The van der Waals surface area contributed by atoms with E-state index in [9.17, 15) is 26.5 Å². The molecular weight excluding hydrogens is 246 g/mol. The second kappa shape index (κ2) is 4.76. The fourth-order valence-electron chi connectivity index (χ4n) is 0.534. The standard InChI is InChI=1S/C6H10F5O3P/c1-13-15(2,12)14-4-3-5(7,8)6(9,10)11/h3-4H2,1-2H3. The smallest absolute Gasteiger partial charge is 0.312 e. The Morgan fingerprint density at radius 1 is 1.20 bits per heavy atom. The summed E-state index contributed by atoms with van der Waals surface area (Å²) in [6.45, 7) is -0.0210. The third-order valence-electron chi connectivity index (χ3n) is 1.49. The van der Waals surface area contributed by atoms with Crippen LogP contribution in [0, 0.1) is 0 Å². The first-order chi connectivity index (χ1) is 6.52. The Kier molecular flexibility index (Phi) is 4.69. The molecule has 0 aliphatic heterocycles. The fourth-order valence-corrected chi connectivity index (χ4v) is 1.06. The van der Waals surface area contributed by atoms with Gasteiger partial charge in [0.25, 0.3) is 0 Å². The Bertz CT molecular complexity index is 252. The summed E-state index contributed by atoms with van der Waals surface area (Å²) in [6.07, 6.45) is -7.21. The van der Waals surface area contributed by atoms with Gasteiger partial charge in [-0.2, -0.15) is 22.0 Å². The van der Waals surface area contributed by atoms with Crippen LogP contribution in [0.15, 0.2) is 0 Å². The summed E-state index contributed by atoms with van der Waals surface area (Å²) in [4.78, 5) is 0. The van der Waals surface area contributed by atoms with Gasteiger partial charge in [-0.15, -0.1) is 0 Å². The van der Waals surface area contributed by atoms with E-state index in [2.05, 4.69) is 9.05 Å². The molecule has 9 heteroatoms. The average molecular weight is 256 g/mol. The second-order valence-corrected chi connectivity index (χ2v) is 4.91. The zero-order valence-electron chi connectivity index (χ0n) is 7.98. The van der Waals surface area contributed by atoms with Crippen molar-refractivity contribution in [2.45, 2.75) is 18.5 Å². The van der Waals surface area contributed by atoms with E-state index in [1.165, 1.54) is 0 Å². The van der Waals surface area contributed by atoms with E-state index < -0.39 is 32.7 Å². The van der Waals surface area contributed by atoms with E-state index in [4.69, 9.17) is 0 Å². The van der Waals surface area contributed by atoms with Gasteiger partial charge in [0, 0.05) is 20.2 Å². The van der Waals surface area contributed by atoms with Gasteiger partial charge in [-0.05, 0) is 0 Å². The molecule has 0 amide bonds. The summed E-state index contributed by atoms with van der Waals surface area (Å²) in [7, 11) is -2.51. The molecule has 1 unspecified atom stereocenters. The minimum Gasteiger partial charge on any atom is -0.312 e. The first-order valence-electron chi connectivity index (χ1n) is 3.74. The lowest BCUT2D eigenvalue weighted by atomic mass is 10.2. The Hall–Kier alpha value is -0.200. The third-order valence-corrected chi connectivity index (χ3v) is 2.80. The van der Waals surface area contributed by atoms with E-state index >= 15 is 0 Å². The minimum absolute atomic E-state index is 0.971. The van der Waals surface area contributed by atoms with Crippen LogP contribution in [0.3, 0.4) is 0 Å². The lowest BCUT2D eigenvalue weighted by molar-refractivity contribution is -0.285. The number of hydrogen-bond acceptors (Lipinski definition) is 3. The summed E-state index contributed by atoms with van der Waals surface area (Å²) in [6, 6.07) is 0. The summed E-state index contributed by atoms with van der Waals surface area (Å²) >= 11 is 0. The molecule has 0 saturated heterocycles. The topological polar surface area (TPSA) is 35.5 Å². The van der Waals surface area contributed by atoms with Crippen molar-refractivity contribution in [1.29, 1.82) is 0 Å². The fraction of sp³-hybridized carbons (Fsp3) is 1.00. The second-order valence-electron chi connectivity index (χ2n) is 2.74. The van der Waals surface area contributed by atoms with Crippen molar-refractivity contribution in [2.75, 3.05) is 20.4 Å². The van der Waals surface area contributed by atoms with Crippen LogP contribution in [0.4, 0.5) is 22.0 Å². The van der Waals surface area contributed by atoms with Crippen LogP contribution >= 0.6 is 7.60 Å². The molecule has 0 heterocycles. The van der Waals surface area contributed by atoms with Crippen molar-refractivity contribution >= 4 is 7.60 Å². The predicted octanol–water partition coefficient (Wildman–Crippen LogP) is 3.06. The first-order valence-corrected chi connectivity index (χ1v) is 5.73. The molecular formula is C6H10F5O3P. The van der Waals surface area contributed by atoms with Gasteiger partial charge < -0.3 is 9.05 Å². The van der Waals surface area contributed by atoms with Crippen molar-refractivity contribution in [1.82, 2.24) is 0 Å². The summed E-state index contributed by atoms with van der Waals surface area (Å²) in [5, 5.41) is 0. The van der Waals surface area contributed by atoms with Crippen molar-refractivity contribution in [3.8, 4) is 0 Å². The van der Waals surface area contributed by atoms with E-state index in [0.717, 1.165) is 13.8 Å². The Balaban J connectivity index is 4.13. The molecule has 0 spiro atoms. The predicted molar refractivity (Wildman–Crippen MR) is 42.1 cm³/mol. The Labute approximate surface area is 83.1 Å². The van der Waals surface area contributed by atoms with Crippen LogP contribution in [0.2, 0.25) is 0 Å². The molecule has 0 aromatic rings. The van der Waals surface area contributed by atoms with Crippen molar-refractivity contribution in [3.05, 3.63) is 0 Å². The lowest BCUT2D eigenvalue weighted by Gasteiger charge is -2.20. The molecule has 0 aliphatic carbocycles. The molecule has 0 saturated carbocycles. The van der Waals surface area contributed by atoms with Crippen LogP contribution < -0.4 is 0 Å². The van der Waals surface area contributed by atoms with Gasteiger partial charge in [0.15, 0.2) is 0 Å². The van der Waals surface area contributed by atoms with Gasteiger partial charge in [0.1, 0.15) is 0 Å². The number of rotatable bonds is 5. The maximum atomic E-state index is 12.3. The van der Waals surface area contributed by atoms with Gasteiger partial charge in [-0.3, -0.25) is 4.57 Å². The Morgan fingerprint density at radius 3 is 2.00 bits per heavy atom. The highest BCUT2D eigenvalue weighted by atomic mass is 31.2. The van der Waals surface area contributed by atoms with E-state index in [1.54, 1.807) is 0 Å². The molecule has 0 aromatic heterocycles. The normalized spacial score (nSPS) is 17.5. The summed E-state index contributed by atoms with van der Waals surface area (Å²) in [5.41, 5.74) is 0. The van der Waals surface area contributed by atoms with Gasteiger partial charge in [-0.25, -0.2) is 0 Å². The van der Waals surface area contributed by atoms with Gasteiger partial charge in [-0.1, -0.05) is 0 Å². The zero-order chi connectivity index (χ0) is 12.3. The van der Waals surface area contributed by atoms with Crippen molar-refractivity contribution < 1.29 is 35.6 Å². The molecule has 92 valence electrons. The molecule has 3 nitrogen and oxygen atoms in total. The number of alkyl halides is 5.